The number of allylic oxidation sites excluding steroid dienone is 2. The highest BCUT2D eigenvalue weighted by Gasteiger charge is 2.43. The van der Waals surface area contributed by atoms with Crippen LogP contribution in [0.1, 0.15) is 43.4 Å². The molecule has 5 nitrogen and oxygen atoms in total. The number of aromatic nitrogens is 1. The Morgan fingerprint density at radius 2 is 2.21 bits per heavy atom. The Morgan fingerprint density at radius 3 is 2.89 bits per heavy atom. The molecule has 150 valence electrons. The van der Waals surface area contributed by atoms with Crippen LogP contribution >= 0.6 is 0 Å². The Labute approximate surface area is 165 Å². The SMILES string of the molecule is CC=C1C[C@H]2CCc3c([nH]c4ccc(OC)cc34)[C@H]2C[C@H]1[C@H](CO)C(=O)OC. The summed E-state index contributed by atoms with van der Waals surface area (Å²) < 4.78 is 10.4. The van der Waals surface area contributed by atoms with E-state index in [-0.39, 0.29) is 18.5 Å². The fourth-order valence-electron chi connectivity index (χ4n) is 5.43. The molecule has 2 N–H and O–H groups in total. The third-order valence-corrected chi connectivity index (χ3v) is 6.89. The number of nitrogens with one attached hydrogen (secondary N) is 1. The van der Waals surface area contributed by atoms with Crippen LogP contribution in [0.25, 0.3) is 10.9 Å². The monoisotopic (exact) mass is 383 g/mol. The lowest BCUT2D eigenvalue weighted by molar-refractivity contribution is -0.149. The fraction of sp³-hybridized carbons (Fsp3) is 0.522. The summed E-state index contributed by atoms with van der Waals surface area (Å²) in [5, 5.41) is 11.2. The summed E-state index contributed by atoms with van der Waals surface area (Å²) in [5.74, 6) is 1.03. The minimum Gasteiger partial charge on any atom is -0.497 e. The van der Waals surface area contributed by atoms with Gasteiger partial charge in [-0.05, 0) is 68.2 Å². The van der Waals surface area contributed by atoms with Crippen molar-refractivity contribution in [2.75, 3.05) is 20.8 Å². The van der Waals surface area contributed by atoms with Crippen molar-refractivity contribution < 1.29 is 19.4 Å². The van der Waals surface area contributed by atoms with E-state index in [9.17, 15) is 9.90 Å². The smallest absolute Gasteiger partial charge is 0.311 e. The maximum atomic E-state index is 12.3. The molecule has 1 heterocycles. The lowest BCUT2D eigenvalue weighted by Gasteiger charge is -2.42. The van der Waals surface area contributed by atoms with Crippen molar-refractivity contribution in [3.05, 3.63) is 41.1 Å². The zero-order valence-corrected chi connectivity index (χ0v) is 16.8. The van der Waals surface area contributed by atoms with Gasteiger partial charge in [0, 0.05) is 22.5 Å². The molecule has 1 saturated carbocycles. The number of methoxy groups -OCH3 is 2. The van der Waals surface area contributed by atoms with Gasteiger partial charge in [0.05, 0.1) is 26.7 Å². The van der Waals surface area contributed by atoms with Crippen molar-refractivity contribution in [1.29, 1.82) is 0 Å². The number of carbonyl (C=O) groups is 1. The Kier molecular flexibility index (Phi) is 5.19. The van der Waals surface area contributed by atoms with Crippen LogP contribution in [0.2, 0.25) is 0 Å². The van der Waals surface area contributed by atoms with Crippen LogP contribution < -0.4 is 4.74 Å². The standard InChI is InChI=1S/C23H29NO4/c1-4-13-9-14-5-7-16-19-10-15(27-2)6-8-21(19)24-22(16)18(14)11-17(13)20(12-25)23(26)28-3/h4,6,8,10,14,17-18,20,24-25H,5,7,9,11-12H2,1-3H3/t14-,17-,18+,20+/m1/s1. The number of benzene rings is 1. The van der Waals surface area contributed by atoms with Crippen molar-refractivity contribution in [2.24, 2.45) is 17.8 Å². The van der Waals surface area contributed by atoms with E-state index in [1.165, 1.54) is 29.3 Å². The number of aromatic amines is 1. The molecule has 4 rings (SSSR count). The molecule has 1 aromatic carbocycles. The molecule has 0 saturated heterocycles. The molecule has 1 fully saturated rings. The highest BCUT2D eigenvalue weighted by Crippen LogP contribution is 2.51. The predicted octanol–water partition coefficient (Wildman–Crippen LogP) is 3.96. The van der Waals surface area contributed by atoms with Gasteiger partial charge in [-0.15, -0.1) is 0 Å². The van der Waals surface area contributed by atoms with E-state index in [1.54, 1.807) is 7.11 Å². The Bertz CT molecular complexity index is 913. The summed E-state index contributed by atoms with van der Waals surface area (Å²) in [6, 6.07) is 6.19. The maximum absolute atomic E-state index is 12.3. The normalized spacial score (nSPS) is 26.6. The van der Waals surface area contributed by atoms with Gasteiger partial charge in [-0.2, -0.15) is 0 Å². The van der Waals surface area contributed by atoms with E-state index in [2.05, 4.69) is 23.2 Å². The van der Waals surface area contributed by atoms with Crippen molar-refractivity contribution in [3.8, 4) is 5.75 Å². The molecule has 2 aromatic rings. The Balaban J connectivity index is 1.73. The van der Waals surface area contributed by atoms with E-state index >= 15 is 0 Å². The lowest BCUT2D eigenvalue weighted by Crippen LogP contribution is -2.37. The number of rotatable bonds is 4. The third-order valence-electron chi connectivity index (χ3n) is 6.89. The zero-order chi connectivity index (χ0) is 19.8. The van der Waals surface area contributed by atoms with Gasteiger partial charge < -0.3 is 19.6 Å². The molecule has 0 spiro atoms. The quantitative estimate of drug-likeness (QED) is 0.619. The van der Waals surface area contributed by atoms with Gasteiger partial charge in [-0.25, -0.2) is 0 Å². The van der Waals surface area contributed by atoms with Crippen LogP contribution in [-0.4, -0.2) is 36.9 Å². The number of carbonyl (C=O) groups excluding carboxylic acids is 1. The van der Waals surface area contributed by atoms with Gasteiger partial charge in [0.15, 0.2) is 0 Å². The van der Waals surface area contributed by atoms with Crippen LogP contribution in [-0.2, 0) is 16.0 Å². The summed E-state index contributed by atoms with van der Waals surface area (Å²) in [6.07, 6.45) is 6.19. The van der Waals surface area contributed by atoms with Crippen LogP contribution in [0.3, 0.4) is 0 Å². The number of hydrogen-bond acceptors (Lipinski definition) is 4. The molecule has 0 amide bonds. The lowest BCUT2D eigenvalue weighted by atomic mass is 9.62. The van der Waals surface area contributed by atoms with Crippen molar-refractivity contribution in [3.63, 3.8) is 0 Å². The average Bonchev–Trinajstić information content (AvgIpc) is 3.11. The van der Waals surface area contributed by atoms with Crippen molar-refractivity contribution in [2.45, 2.75) is 38.5 Å². The van der Waals surface area contributed by atoms with Gasteiger partial charge >= 0.3 is 5.97 Å². The molecule has 28 heavy (non-hydrogen) atoms. The highest BCUT2D eigenvalue weighted by molar-refractivity contribution is 5.86. The number of fused-ring (bicyclic) bond motifs is 5. The molecule has 2 aliphatic carbocycles. The first kappa shape index (κ1) is 19.1. The van der Waals surface area contributed by atoms with Gasteiger partial charge in [-0.3, -0.25) is 4.79 Å². The second-order valence-corrected chi connectivity index (χ2v) is 8.06. The third kappa shape index (κ3) is 3.02. The minimum atomic E-state index is -0.494. The first-order chi connectivity index (χ1) is 13.6. The second kappa shape index (κ2) is 7.63. The summed E-state index contributed by atoms with van der Waals surface area (Å²) in [4.78, 5) is 16.0. The van der Waals surface area contributed by atoms with Gasteiger partial charge in [0.1, 0.15) is 5.75 Å². The number of H-pyrrole nitrogens is 1. The van der Waals surface area contributed by atoms with Gasteiger partial charge in [0.25, 0.3) is 0 Å². The summed E-state index contributed by atoms with van der Waals surface area (Å²) in [7, 11) is 3.10. The number of aliphatic hydroxyl groups is 1. The topological polar surface area (TPSA) is 71.5 Å². The molecule has 4 atom stereocenters. The second-order valence-electron chi connectivity index (χ2n) is 8.06. The van der Waals surface area contributed by atoms with E-state index in [0.717, 1.165) is 36.9 Å². The number of aryl methyl sites for hydroxylation is 1. The Morgan fingerprint density at radius 1 is 1.39 bits per heavy atom. The molecule has 1 aromatic heterocycles. The largest absolute Gasteiger partial charge is 0.497 e. The molecule has 5 heteroatoms. The minimum absolute atomic E-state index is 0.0237. The summed E-state index contributed by atoms with van der Waals surface area (Å²) in [5.41, 5.74) is 5.12. The van der Waals surface area contributed by atoms with Gasteiger partial charge in [0.2, 0.25) is 0 Å². The molecule has 0 radical (unpaired) electrons. The fourth-order valence-corrected chi connectivity index (χ4v) is 5.43. The zero-order valence-electron chi connectivity index (χ0n) is 16.8. The van der Waals surface area contributed by atoms with Gasteiger partial charge in [-0.1, -0.05) is 11.6 Å². The summed E-state index contributed by atoms with van der Waals surface area (Å²) >= 11 is 0. The maximum Gasteiger partial charge on any atom is 0.311 e. The van der Waals surface area contributed by atoms with Crippen LogP contribution in [0, 0.1) is 17.8 Å². The average molecular weight is 383 g/mol. The van der Waals surface area contributed by atoms with E-state index < -0.39 is 5.92 Å². The van der Waals surface area contributed by atoms with Crippen LogP contribution in [0.4, 0.5) is 0 Å². The number of aliphatic hydroxyl groups excluding tert-OH is 1. The van der Waals surface area contributed by atoms with Crippen molar-refractivity contribution >= 4 is 16.9 Å². The summed E-state index contributed by atoms with van der Waals surface area (Å²) in [6.45, 7) is 1.86. The molecule has 0 unspecified atom stereocenters. The molecular weight excluding hydrogens is 354 g/mol. The first-order valence-electron chi connectivity index (χ1n) is 10.1. The van der Waals surface area contributed by atoms with E-state index in [0.29, 0.717) is 11.8 Å². The molecule has 2 aliphatic rings. The van der Waals surface area contributed by atoms with Crippen molar-refractivity contribution in [1.82, 2.24) is 4.98 Å². The molecule has 0 bridgehead atoms. The number of ether oxygens (including phenoxy) is 2. The Hall–Kier alpha value is -2.27. The van der Waals surface area contributed by atoms with Crippen LogP contribution in [0.5, 0.6) is 5.75 Å². The highest BCUT2D eigenvalue weighted by atomic mass is 16.5. The van der Waals surface area contributed by atoms with E-state index in [4.69, 9.17) is 9.47 Å². The first-order valence-corrected chi connectivity index (χ1v) is 10.1. The molecular formula is C23H29NO4. The number of hydrogen-bond donors (Lipinski definition) is 2. The van der Waals surface area contributed by atoms with Crippen LogP contribution in [0.15, 0.2) is 29.8 Å². The molecule has 0 aliphatic heterocycles. The number of esters is 1. The van der Waals surface area contributed by atoms with E-state index in [1.807, 2.05) is 13.0 Å². The predicted molar refractivity (Wildman–Crippen MR) is 108 cm³/mol.